The molecule has 112 valence electrons. The molecule has 0 bridgehead atoms. The highest BCUT2D eigenvalue weighted by Crippen LogP contribution is 2.17. The third-order valence-electron chi connectivity index (χ3n) is 3.96. The fraction of sp³-hybridized carbons (Fsp3) is 0.625. The number of likely N-dealkylation sites (tertiary alicyclic amines) is 1. The maximum atomic E-state index is 13.2. The summed E-state index contributed by atoms with van der Waals surface area (Å²) in [6.07, 6.45) is 3.90. The van der Waals surface area contributed by atoms with Crippen LogP contribution >= 0.6 is 0 Å². The van der Waals surface area contributed by atoms with E-state index in [1.54, 1.807) is 6.07 Å². The molecule has 0 spiro atoms. The summed E-state index contributed by atoms with van der Waals surface area (Å²) in [6, 6.07) is 4.46. The Labute approximate surface area is 120 Å². The summed E-state index contributed by atoms with van der Waals surface area (Å²) in [6.45, 7) is 7.48. The van der Waals surface area contributed by atoms with Crippen molar-refractivity contribution in [1.29, 1.82) is 0 Å². The molecular formula is C16H24F2N2. The standard InChI is InChI=1S/C16H24F2N2/c1-12(11-20-8-4-3-5-9-20)19-13(2)14-6-7-15(17)16(18)10-14/h6-7,10,12-13,19H,3-5,8-9,11H2,1-2H3. The third-order valence-corrected chi connectivity index (χ3v) is 3.96. The molecule has 1 N–H and O–H groups in total. The summed E-state index contributed by atoms with van der Waals surface area (Å²) < 4.78 is 26.2. The van der Waals surface area contributed by atoms with Gasteiger partial charge in [-0.25, -0.2) is 8.78 Å². The van der Waals surface area contributed by atoms with Crippen molar-refractivity contribution in [1.82, 2.24) is 10.2 Å². The summed E-state index contributed by atoms with van der Waals surface area (Å²) in [4.78, 5) is 2.47. The lowest BCUT2D eigenvalue weighted by molar-refractivity contribution is 0.205. The van der Waals surface area contributed by atoms with Crippen molar-refractivity contribution in [3.63, 3.8) is 0 Å². The minimum atomic E-state index is -0.790. The van der Waals surface area contributed by atoms with Crippen LogP contribution in [0.5, 0.6) is 0 Å². The predicted octanol–water partition coefficient (Wildman–Crippen LogP) is 3.49. The number of nitrogens with one attached hydrogen (secondary N) is 1. The SMILES string of the molecule is CC(CN1CCCCC1)NC(C)c1ccc(F)c(F)c1. The van der Waals surface area contributed by atoms with Crippen LogP contribution in [0.4, 0.5) is 8.78 Å². The highest BCUT2D eigenvalue weighted by atomic mass is 19.2. The van der Waals surface area contributed by atoms with Gasteiger partial charge in [-0.05, 0) is 57.5 Å². The van der Waals surface area contributed by atoms with E-state index >= 15 is 0 Å². The Bertz CT molecular complexity index is 430. The molecule has 2 unspecified atom stereocenters. The molecule has 1 fully saturated rings. The van der Waals surface area contributed by atoms with E-state index in [4.69, 9.17) is 0 Å². The molecule has 0 aromatic heterocycles. The molecule has 1 heterocycles. The molecule has 20 heavy (non-hydrogen) atoms. The summed E-state index contributed by atoms with van der Waals surface area (Å²) in [5.74, 6) is -1.57. The van der Waals surface area contributed by atoms with Gasteiger partial charge >= 0.3 is 0 Å². The lowest BCUT2D eigenvalue weighted by atomic mass is 10.1. The van der Waals surface area contributed by atoms with Crippen LogP contribution in [0, 0.1) is 11.6 Å². The van der Waals surface area contributed by atoms with E-state index in [-0.39, 0.29) is 6.04 Å². The molecule has 0 aliphatic carbocycles. The zero-order chi connectivity index (χ0) is 14.5. The van der Waals surface area contributed by atoms with Gasteiger partial charge in [-0.3, -0.25) is 0 Å². The van der Waals surface area contributed by atoms with Crippen LogP contribution in [0.15, 0.2) is 18.2 Å². The van der Waals surface area contributed by atoms with Gasteiger partial charge in [0.25, 0.3) is 0 Å². The summed E-state index contributed by atoms with van der Waals surface area (Å²) in [5.41, 5.74) is 0.786. The monoisotopic (exact) mass is 282 g/mol. The zero-order valence-corrected chi connectivity index (χ0v) is 12.3. The second kappa shape index (κ2) is 7.14. The largest absolute Gasteiger partial charge is 0.306 e. The molecule has 0 saturated carbocycles. The van der Waals surface area contributed by atoms with Crippen LogP contribution in [0.1, 0.15) is 44.7 Å². The highest BCUT2D eigenvalue weighted by molar-refractivity contribution is 5.20. The number of piperidine rings is 1. The molecule has 4 heteroatoms. The first-order chi connectivity index (χ1) is 9.56. The van der Waals surface area contributed by atoms with Crippen molar-refractivity contribution < 1.29 is 8.78 Å². The number of hydrogen-bond acceptors (Lipinski definition) is 2. The molecule has 1 aliphatic heterocycles. The molecule has 1 aromatic carbocycles. The average Bonchev–Trinajstić information content (AvgIpc) is 2.42. The van der Waals surface area contributed by atoms with Gasteiger partial charge in [-0.15, -0.1) is 0 Å². The maximum absolute atomic E-state index is 13.2. The number of benzene rings is 1. The first-order valence-electron chi connectivity index (χ1n) is 7.49. The van der Waals surface area contributed by atoms with Crippen LogP contribution in [0.3, 0.4) is 0 Å². The Morgan fingerprint density at radius 1 is 1.10 bits per heavy atom. The molecule has 2 rings (SSSR count). The smallest absolute Gasteiger partial charge is 0.159 e. The van der Waals surface area contributed by atoms with Gasteiger partial charge in [-0.2, -0.15) is 0 Å². The van der Waals surface area contributed by atoms with E-state index in [1.807, 2.05) is 6.92 Å². The number of rotatable bonds is 5. The zero-order valence-electron chi connectivity index (χ0n) is 12.3. The number of halogens is 2. The van der Waals surface area contributed by atoms with Crippen molar-refractivity contribution in [2.75, 3.05) is 19.6 Å². The second-order valence-corrected chi connectivity index (χ2v) is 5.82. The normalized spacial score (nSPS) is 19.8. The van der Waals surface area contributed by atoms with E-state index in [9.17, 15) is 8.78 Å². The van der Waals surface area contributed by atoms with Gasteiger partial charge in [0.05, 0.1) is 0 Å². The van der Waals surface area contributed by atoms with Crippen LogP contribution < -0.4 is 5.32 Å². The van der Waals surface area contributed by atoms with Crippen LogP contribution in [-0.2, 0) is 0 Å². The maximum Gasteiger partial charge on any atom is 0.159 e. The number of nitrogens with zero attached hydrogens (tertiary/aromatic N) is 1. The summed E-state index contributed by atoms with van der Waals surface area (Å²) >= 11 is 0. The average molecular weight is 282 g/mol. The molecular weight excluding hydrogens is 258 g/mol. The molecule has 2 atom stereocenters. The second-order valence-electron chi connectivity index (χ2n) is 5.82. The molecule has 2 nitrogen and oxygen atoms in total. The van der Waals surface area contributed by atoms with Gasteiger partial charge in [-0.1, -0.05) is 12.5 Å². The van der Waals surface area contributed by atoms with Gasteiger partial charge in [0.2, 0.25) is 0 Å². The van der Waals surface area contributed by atoms with Crippen molar-refractivity contribution in [2.45, 2.75) is 45.2 Å². The minimum absolute atomic E-state index is 0.0184. The van der Waals surface area contributed by atoms with E-state index < -0.39 is 11.6 Å². The van der Waals surface area contributed by atoms with Crippen molar-refractivity contribution in [3.8, 4) is 0 Å². The first-order valence-corrected chi connectivity index (χ1v) is 7.49. The van der Waals surface area contributed by atoms with Crippen molar-refractivity contribution in [3.05, 3.63) is 35.4 Å². The number of hydrogen-bond donors (Lipinski definition) is 1. The first kappa shape index (κ1) is 15.4. The van der Waals surface area contributed by atoms with Crippen molar-refractivity contribution >= 4 is 0 Å². The fourth-order valence-electron chi connectivity index (χ4n) is 2.89. The Hall–Kier alpha value is -1.00. The van der Waals surface area contributed by atoms with Gasteiger partial charge < -0.3 is 10.2 Å². The summed E-state index contributed by atoms with van der Waals surface area (Å²) in [5, 5.41) is 3.46. The third kappa shape index (κ3) is 4.25. The lowest BCUT2D eigenvalue weighted by Gasteiger charge is -2.30. The van der Waals surface area contributed by atoms with Crippen LogP contribution in [0.25, 0.3) is 0 Å². The Morgan fingerprint density at radius 3 is 2.45 bits per heavy atom. The molecule has 1 saturated heterocycles. The highest BCUT2D eigenvalue weighted by Gasteiger charge is 2.16. The fourth-order valence-corrected chi connectivity index (χ4v) is 2.89. The Kier molecular flexibility index (Phi) is 5.49. The quantitative estimate of drug-likeness (QED) is 0.889. The van der Waals surface area contributed by atoms with Crippen LogP contribution in [-0.4, -0.2) is 30.6 Å². The van der Waals surface area contributed by atoms with E-state index in [2.05, 4.69) is 17.1 Å². The van der Waals surface area contributed by atoms with E-state index in [0.717, 1.165) is 12.1 Å². The molecule has 0 amide bonds. The lowest BCUT2D eigenvalue weighted by Crippen LogP contribution is -2.42. The van der Waals surface area contributed by atoms with Gasteiger partial charge in [0.1, 0.15) is 0 Å². The Balaban J connectivity index is 1.86. The topological polar surface area (TPSA) is 15.3 Å². The van der Waals surface area contributed by atoms with Crippen molar-refractivity contribution in [2.24, 2.45) is 0 Å². The molecule has 1 aliphatic rings. The molecule has 1 aromatic rings. The predicted molar refractivity (Wildman–Crippen MR) is 77.7 cm³/mol. The molecule has 0 radical (unpaired) electrons. The van der Waals surface area contributed by atoms with E-state index in [1.165, 1.54) is 44.5 Å². The van der Waals surface area contributed by atoms with E-state index in [0.29, 0.717) is 6.04 Å². The van der Waals surface area contributed by atoms with Gasteiger partial charge in [0, 0.05) is 18.6 Å². The Morgan fingerprint density at radius 2 is 1.80 bits per heavy atom. The summed E-state index contributed by atoms with van der Waals surface area (Å²) in [7, 11) is 0. The minimum Gasteiger partial charge on any atom is -0.306 e. The van der Waals surface area contributed by atoms with Crippen LogP contribution in [0.2, 0.25) is 0 Å². The van der Waals surface area contributed by atoms with Gasteiger partial charge in [0.15, 0.2) is 11.6 Å².